The van der Waals surface area contributed by atoms with Crippen molar-refractivity contribution in [3.8, 4) is 6.07 Å². The monoisotopic (exact) mass is 444 g/mol. The molecule has 0 aromatic carbocycles. The van der Waals surface area contributed by atoms with Gasteiger partial charge in [0.2, 0.25) is 0 Å². The van der Waals surface area contributed by atoms with Gasteiger partial charge in [0, 0.05) is 31.7 Å². The van der Waals surface area contributed by atoms with E-state index >= 15 is 0 Å². The minimum atomic E-state index is -0.262. The van der Waals surface area contributed by atoms with Gasteiger partial charge in [0.05, 0.1) is 4.91 Å². The Balaban J connectivity index is 2.20. The van der Waals surface area contributed by atoms with Crippen LogP contribution in [0.25, 0.3) is 6.08 Å². The van der Waals surface area contributed by atoms with Gasteiger partial charge in [-0.3, -0.25) is 19.1 Å². The molecule has 160 valence electrons. The number of hydrogen-bond acceptors (Lipinski definition) is 6. The highest BCUT2D eigenvalue weighted by Gasteiger charge is 2.33. The number of thiocarbonyl (C=S) groups is 1. The number of nitriles is 1. The average Bonchev–Trinajstić information content (AvgIpc) is 2.98. The highest BCUT2D eigenvalue weighted by Crippen LogP contribution is 2.36. The fourth-order valence-electron chi connectivity index (χ4n) is 4.05. The van der Waals surface area contributed by atoms with E-state index < -0.39 is 0 Å². The zero-order chi connectivity index (χ0) is 22.0. The van der Waals surface area contributed by atoms with Gasteiger partial charge in [-0.05, 0) is 50.7 Å². The second kappa shape index (κ2) is 9.36. The third-order valence-electron chi connectivity index (χ3n) is 5.84. The number of thioether (sulfide) groups is 1. The SMILES string of the molecule is CCCN1C(=O)C(=Cc2c(C)c(C#N)c(=O)n(CC)c2N2CCC(C)CC2)SC1=S. The number of carbonyl (C=O) groups excluding carboxylic acids is 1. The summed E-state index contributed by atoms with van der Waals surface area (Å²) in [5, 5.41) is 9.65. The normalized spacial score (nSPS) is 19.1. The molecule has 6 nitrogen and oxygen atoms in total. The maximum absolute atomic E-state index is 13.0. The molecule has 2 aliphatic rings. The predicted octanol–water partition coefficient (Wildman–Crippen LogP) is 3.90. The maximum Gasteiger partial charge on any atom is 0.270 e. The fraction of sp³-hybridized carbons (Fsp3) is 0.545. The Bertz CT molecular complexity index is 998. The molecule has 3 heterocycles. The Labute approximate surface area is 187 Å². The molecule has 2 aliphatic heterocycles. The van der Waals surface area contributed by atoms with Crippen molar-refractivity contribution in [2.75, 3.05) is 24.5 Å². The molecule has 0 bridgehead atoms. The largest absolute Gasteiger partial charge is 0.357 e. The van der Waals surface area contributed by atoms with Crippen molar-refractivity contribution < 1.29 is 4.79 Å². The zero-order valence-corrected chi connectivity index (χ0v) is 19.7. The third kappa shape index (κ3) is 4.06. The summed E-state index contributed by atoms with van der Waals surface area (Å²) < 4.78 is 2.24. The first kappa shape index (κ1) is 22.6. The Morgan fingerprint density at radius 3 is 2.50 bits per heavy atom. The Kier molecular flexibility index (Phi) is 7.04. The molecule has 0 unspecified atom stereocenters. The van der Waals surface area contributed by atoms with Crippen molar-refractivity contribution in [2.24, 2.45) is 5.92 Å². The molecule has 0 aliphatic carbocycles. The Morgan fingerprint density at radius 1 is 1.27 bits per heavy atom. The van der Waals surface area contributed by atoms with Gasteiger partial charge in [0.1, 0.15) is 21.8 Å². The maximum atomic E-state index is 13.0. The number of rotatable bonds is 5. The van der Waals surface area contributed by atoms with Gasteiger partial charge < -0.3 is 4.90 Å². The molecule has 0 atom stereocenters. The van der Waals surface area contributed by atoms with Gasteiger partial charge in [-0.15, -0.1) is 0 Å². The fourth-order valence-corrected chi connectivity index (χ4v) is 5.34. The van der Waals surface area contributed by atoms with Crippen LogP contribution in [0.2, 0.25) is 0 Å². The van der Waals surface area contributed by atoms with Crippen LogP contribution in [-0.2, 0) is 11.3 Å². The summed E-state index contributed by atoms with van der Waals surface area (Å²) in [5.74, 6) is 1.36. The quantitative estimate of drug-likeness (QED) is 0.507. The van der Waals surface area contributed by atoms with Crippen LogP contribution in [0.4, 0.5) is 5.82 Å². The van der Waals surface area contributed by atoms with Crippen molar-refractivity contribution in [2.45, 2.75) is 53.5 Å². The van der Waals surface area contributed by atoms with Crippen LogP contribution in [-0.4, -0.2) is 39.3 Å². The van der Waals surface area contributed by atoms with E-state index in [1.165, 1.54) is 11.8 Å². The summed E-state index contributed by atoms with van der Waals surface area (Å²) in [6.07, 6.45) is 4.77. The molecule has 2 fully saturated rings. The molecule has 0 spiro atoms. The second-order valence-corrected chi connectivity index (χ2v) is 9.58. The minimum absolute atomic E-state index is 0.0998. The molecule has 0 radical (unpaired) electrons. The van der Waals surface area contributed by atoms with Crippen LogP contribution >= 0.6 is 24.0 Å². The number of anilines is 1. The third-order valence-corrected chi connectivity index (χ3v) is 7.22. The van der Waals surface area contributed by atoms with E-state index in [1.54, 1.807) is 16.4 Å². The summed E-state index contributed by atoms with van der Waals surface area (Å²) in [6.45, 7) is 10.7. The van der Waals surface area contributed by atoms with Crippen LogP contribution in [0.15, 0.2) is 9.70 Å². The highest BCUT2D eigenvalue weighted by molar-refractivity contribution is 8.26. The van der Waals surface area contributed by atoms with Gasteiger partial charge in [-0.25, -0.2) is 0 Å². The molecule has 1 amide bonds. The summed E-state index contributed by atoms with van der Waals surface area (Å²) in [7, 11) is 0. The van der Waals surface area contributed by atoms with Crippen molar-refractivity contribution in [3.05, 3.63) is 31.9 Å². The predicted molar refractivity (Wildman–Crippen MR) is 127 cm³/mol. The first-order valence-electron chi connectivity index (χ1n) is 10.5. The van der Waals surface area contributed by atoms with Crippen LogP contribution in [0, 0.1) is 24.2 Å². The van der Waals surface area contributed by atoms with Gasteiger partial charge in [0.15, 0.2) is 0 Å². The molecular formula is C22H28N4O2S2. The van der Waals surface area contributed by atoms with E-state index in [2.05, 4.69) is 17.9 Å². The van der Waals surface area contributed by atoms with E-state index in [0.717, 1.165) is 43.7 Å². The number of hydrogen-bond donors (Lipinski definition) is 0. The van der Waals surface area contributed by atoms with Crippen molar-refractivity contribution in [1.29, 1.82) is 5.26 Å². The van der Waals surface area contributed by atoms with Gasteiger partial charge >= 0.3 is 0 Å². The molecule has 30 heavy (non-hydrogen) atoms. The van der Waals surface area contributed by atoms with Crippen LogP contribution in [0.1, 0.15) is 56.7 Å². The lowest BCUT2D eigenvalue weighted by Gasteiger charge is -2.35. The molecule has 3 rings (SSSR count). The van der Waals surface area contributed by atoms with Crippen LogP contribution in [0.3, 0.4) is 0 Å². The lowest BCUT2D eigenvalue weighted by molar-refractivity contribution is -0.122. The Hall–Kier alpha value is -2.11. The van der Waals surface area contributed by atoms with Gasteiger partial charge in [0.25, 0.3) is 11.5 Å². The van der Waals surface area contributed by atoms with Crippen LogP contribution < -0.4 is 10.5 Å². The average molecular weight is 445 g/mol. The standard InChI is InChI=1S/C22H28N4O2S2/c1-5-9-26-21(28)18(30-22(26)29)12-16-15(4)17(13-23)20(27)25(6-2)19(16)24-10-7-14(3)8-11-24/h12,14H,5-11H2,1-4H3. The number of piperidine rings is 1. The summed E-state index contributed by atoms with van der Waals surface area (Å²) in [6, 6.07) is 2.08. The van der Waals surface area contributed by atoms with Crippen molar-refractivity contribution in [1.82, 2.24) is 9.47 Å². The number of carbonyl (C=O) groups is 1. The molecule has 1 aromatic heterocycles. The van der Waals surface area contributed by atoms with E-state index in [-0.39, 0.29) is 17.0 Å². The second-order valence-electron chi connectivity index (χ2n) is 7.90. The number of nitrogens with zero attached hydrogens (tertiary/aromatic N) is 4. The molecule has 2 saturated heterocycles. The first-order chi connectivity index (χ1) is 14.3. The highest BCUT2D eigenvalue weighted by atomic mass is 32.2. The lowest BCUT2D eigenvalue weighted by Crippen LogP contribution is -2.39. The molecule has 0 N–H and O–H groups in total. The number of aromatic nitrogens is 1. The molecule has 8 heteroatoms. The topological polar surface area (TPSA) is 69.3 Å². The number of pyridine rings is 1. The van der Waals surface area contributed by atoms with Gasteiger partial charge in [-0.1, -0.05) is 37.8 Å². The van der Waals surface area contributed by atoms with Crippen molar-refractivity contribution in [3.63, 3.8) is 0 Å². The minimum Gasteiger partial charge on any atom is -0.357 e. The lowest BCUT2D eigenvalue weighted by atomic mass is 9.97. The van der Waals surface area contributed by atoms with E-state index in [9.17, 15) is 14.9 Å². The van der Waals surface area contributed by atoms with E-state index in [0.29, 0.717) is 33.8 Å². The summed E-state index contributed by atoms with van der Waals surface area (Å²) in [5.41, 5.74) is 1.28. The smallest absolute Gasteiger partial charge is 0.270 e. The molecular weight excluding hydrogens is 416 g/mol. The van der Waals surface area contributed by atoms with Crippen molar-refractivity contribution >= 4 is 46.1 Å². The molecule has 0 saturated carbocycles. The van der Waals surface area contributed by atoms with Gasteiger partial charge in [-0.2, -0.15) is 5.26 Å². The van der Waals surface area contributed by atoms with E-state index in [1.807, 2.05) is 19.9 Å². The summed E-state index contributed by atoms with van der Waals surface area (Å²) >= 11 is 6.70. The molecule has 1 aromatic rings. The first-order valence-corrected chi connectivity index (χ1v) is 11.7. The zero-order valence-electron chi connectivity index (χ0n) is 18.0. The van der Waals surface area contributed by atoms with E-state index in [4.69, 9.17) is 12.2 Å². The number of amides is 1. The van der Waals surface area contributed by atoms with Crippen LogP contribution in [0.5, 0.6) is 0 Å². The Morgan fingerprint density at radius 2 is 1.93 bits per heavy atom. The summed E-state index contributed by atoms with van der Waals surface area (Å²) in [4.78, 5) is 30.4.